The van der Waals surface area contributed by atoms with E-state index >= 15 is 0 Å². The van der Waals surface area contributed by atoms with Crippen LogP contribution < -0.4 is 24.1 Å². The maximum Gasteiger partial charge on any atom is 0.338 e. The molecule has 299 valence electrons. The lowest BCUT2D eigenvalue weighted by molar-refractivity contribution is -0.176. The van der Waals surface area contributed by atoms with Gasteiger partial charge in [-0.2, -0.15) is 0 Å². The Kier molecular flexibility index (Phi) is 12.5. The van der Waals surface area contributed by atoms with Gasteiger partial charge in [0.2, 0.25) is 14.8 Å². The number of nitrogens with zero attached hydrogens (tertiary/aromatic N) is 1. The number of benzene rings is 3. The molecule has 0 spiro atoms. The molecule has 1 aliphatic carbocycles. The quantitative estimate of drug-likeness (QED) is 0.162. The van der Waals surface area contributed by atoms with Crippen molar-refractivity contribution in [2.75, 3.05) is 62.4 Å². The lowest BCUT2D eigenvalue weighted by Crippen LogP contribution is -2.58. The number of hydrogen-bond acceptors (Lipinski definition) is 11. The van der Waals surface area contributed by atoms with Gasteiger partial charge < -0.3 is 42.6 Å². The molecular formula is C43H53N2O10Si. The molecular weight excluding hydrogens is 733 g/mol. The average molecular weight is 786 g/mol. The predicted octanol–water partition coefficient (Wildman–Crippen LogP) is 5.87. The first kappa shape index (κ1) is 39.7. The van der Waals surface area contributed by atoms with Crippen molar-refractivity contribution in [2.24, 2.45) is 17.8 Å². The fraction of sp³-hybridized carbons (Fsp3) is 0.488. The smallest absolute Gasteiger partial charge is 0.338 e. The molecule has 0 unspecified atom stereocenters. The Hall–Kier alpha value is -4.56. The summed E-state index contributed by atoms with van der Waals surface area (Å²) in [5, 5.41) is 2.64. The fourth-order valence-electron chi connectivity index (χ4n) is 9.27. The van der Waals surface area contributed by atoms with Crippen LogP contribution in [0, 0.1) is 17.8 Å². The van der Waals surface area contributed by atoms with E-state index in [1.54, 1.807) is 26.4 Å². The summed E-state index contributed by atoms with van der Waals surface area (Å²) in [4.78, 5) is 33.1. The highest BCUT2D eigenvalue weighted by Gasteiger charge is 2.54. The first-order valence-electron chi connectivity index (χ1n) is 19.4. The number of H-pyrrole nitrogens is 1. The number of piperidine rings is 1. The van der Waals surface area contributed by atoms with Gasteiger partial charge in [-0.1, -0.05) is 36.8 Å². The van der Waals surface area contributed by atoms with E-state index in [4.69, 9.17) is 37.6 Å². The topological polar surface area (TPSA) is 127 Å². The molecule has 4 heterocycles. The third kappa shape index (κ3) is 7.87. The summed E-state index contributed by atoms with van der Waals surface area (Å²) in [6.07, 6.45) is 3.52. The number of fused-ring (bicyclic) bond motifs is 6. The molecule has 3 aliphatic heterocycles. The molecule has 1 radical (unpaired) electrons. The number of rotatable bonds is 9. The molecule has 1 saturated carbocycles. The van der Waals surface area contributed by atoms with E-state index in [0.29, 0.717) is 23.7 Å². The van der Waals surface area contributed by atoms with Gasteiger partial charge in [0.25, 0.3) is 0 Å². The minimum absolute atomic E-state index is 0.0170. The van der Waals surface area contributed by atoms with Crippen LogP contribution in [0.2, 0.25) is 6.04 Å². The fourth-order valence-corrected chi connectivity index (χ4v) is 11.4. The zero-order chi connectivity index (χ0) is 39.3. The van der Waals surface area contributed by atoms with Crippen LogP contribution in [-0.4, -0.2) is 105 Å². The Balaban J connectivity index is 0.000000339. The SMILES string of the molecule is COC(=O)[C@H]1[C@H]2C[C@@H]3c4[nH]c5cc(OC)ccc5c4CCN3C[C@H]2C[C@@H](OC(=O)c2cc(OC)c(OC)c(OC)c2)[C@@H]1OC.c1ccc([Si]2CCCCO2)cc1. The van der Waals surface area contributed by atoms with Gasteiger partial charge in [0.1, 0.15) is 18.0 Å². The molecule has 3 aromatic carbocycles. The molecule has 12 nitrogen and oxygen atoms in total. The molecule has 2 saturated heterocycles. The number of ether oxygens (including phenoxy) is 7. The number of aromatic amines is 1. The molecule has 1 N–H and O–H groups in total. The van der Waals surface area contributed by atoms with E-state index in [1.165, 1.54) is 69.2 Å². The third-order valence-corrected chi connectivity index (χ3v) is 14.3. The molecule has 1 aromatic heterocycles. The second-order valence-electron chi connectivity index (χ2n) is 14.8. The van der Waals surface area contributed by atoms with E-state index in [-0.39, 0.29) is 29.4 Å². The van der Waals surface area contributed by atoms with Crippen LogP contribution in [0.25, 0.3) is 10.9 Å². The Morgan fingerprint density at radius 1 is 0.875 bits per heavy atom. The largest absolute Gasteiger partial charge is 0.497 e. The van der Waals surface area contributed by atoms with Crippen LogP contribution in [0.1, 0.15) is 53.3 Å². The van der Waals surface area contributed by atoms with E-state index in [0.717, 1.165) is 43.8 Å². The highest BCUT2D eigenvalue weighted by molar-refractivity contribution is 6.67. The number of hydrogen-bond donors (Lipinski definition) is 1. The van der Waals surface area contributed by atoms with Crippen LogP contribution in [0.3, 0.4) is 0 Å². The number of aromatic nitrogens is 1. The Labute approximate surface area is 330 Å². The zero-order valence-corrected chi connectivity index (χ0v) is 34.1. The van der Waals surface area contributed by atoms with E-state index in [1.807, 2.05) is 12.1 Å². The summed E-state index contributed by atoms with van der Waals surface area (Å²) in [6.45, 7) is 2.66. The zero-order valence-electron chi connectivity index (χ0n) is 33.1. The molecule has 6 atom stereocenters. The van der Waals surface area contributed by atoms with Crippen LogP contribution >= 0.6 is 0 Å². The molecule has 3 fully saturated rings. The highest BCUT2D eigenvalue weighted by atomic mass is 28.3. The van der Waals surface area contributed by atoms with Gasteiger partial charge in [0, 0.05) is 49.5 Å². The van der Waals surface area contributed by atoms with Crippen molar-refractivity contribution in [1.82, 2.24) is 9.88 Å². The number of carbonyl (C=O) groups excluding carboxylic acids is 2. The van der Waals surface area contributed by atoms with E-state index in [9.17, 15) is 9.59 Å². The standard InChI is InChI=1S/C33H40N2O9.C10H13OSi/c1-38-19-7-8-20-21-9-10-35-16-18-13-27(44-32(36)17-11-25(39-2)30(41-4)26(12-17)40-3)31(42-5)28(33(37)43-6)22(18)15-24(35)29(21)34-23(20)14-19;1-2-6-10(7-3-1)12-9-5-4-8-11-12/h7-8,11-12,14,18,22,24,27-28,31,34H,9-10,13,15-16H2,1-6H3;1-3,6-7H,4-5,8-9H2/t18-,22+,24-,27-,28+,31+;/m1./s1. The van der Waals surface area contributed by atoms with Gasteiger partial charge in [-0.3, -0.25) is 9.69 Å². The van der Waals surface area contributed by atoms with Crippen molar-refractivity contribution in [3.05, 3.63) is 77.5 Å². The van der Waals surface area contributed by atoms with Crippen molar-refractivity contribution < 1.29 is 47.2 Å². The molecule has 56 heavy (non-hydrogen) atoms. The van der Waals surface area contributed by atoms with Gasteiger partial charge in [-0.25, -0.2) is 4.79 Å². The second-order valence-corrected chi connectivity index (χ2v) is 17.0. The number of carbonyl (C=O) groups is 2. The molecule has 0 bridgehead atoms. The normalized spacial score (nSPS) is 24.7. The van der Waals surface area contributed by atoms with Gasteiger partial charge in [-0.05, 0) is 78.6 Å². The Bertz CT molecular complexity index is 1960. The molecule has 4 aliphatic rings. The predicted molar refractivity (Wildman–Crippen MR) is 213 cm³/mol. The maximum absolute atomic E-state index is 13.5. The van der Waals surface area contributed by atoms with E-state index in [2.05, 4.69) is 46.3 Å². The minimum Gasteiger partial charge on any atom is -0.497 e. The van der Waals surface area contributed by atoms with E-state index < -0.39 is 33.1 Å². The molecule has 13 heteroatoms. The van der Waals surface area contributed by atoms with Crippen molar-refractivity contribution in [2.45, 2.75) is 56.4 Å². The average Bonchev–Trinajstić information content (AvgIpc) is 3.63. The van der Waals surface area contributed by atoms with Gasteiger partial charge in [-0.15, -0.1) is 0 Å². The van der Waals surface area contributed by atoms with Crippen molar-refractivity contribution in [3.63, 3.8) is 0 Å². The second kappa shape index (κ2) is 17.7. The third-order valence-electron chi connectivity index (χ3n) is 11.9. The monoisotopic (exact) mass is 785 g/mol. The van der Waals surface area contributed by atoms with Gasteiger partial charge in [0.05, 0.1) is 53.1 Å². The summed E-state index contributed by atoms with van der Waals surface area (Å²) in [7, 11) is 8.48. The van der Waals surface area contributed by atoms with Crippen molar-refractivity contribution in [1.29, 1.82) is 0 Å². The van der Waals surface area contributed by atoms with Crippen molar-refractivity contribution in [3.8, 4) is 23.0 Å². The Morgan fingerprint density at radius 2 is 1.64 bits per heavy atom. The van der Waals surface area contributed by atoms with Crippen molar-refractivity contribution >= 4 is 37.1 Å². The van der Waals surface area contributed by atoms with Crippen LogP contribution in [0.15, 0.2) is 60.7 Å². The molecule has 4 aromatic rings. The first-order valence-corrected chi connectivity index (χ1v) is 21.0. The van der Waals surface area contributed by atoms with Gasteiger partial charge in [0.15, 0.2) is 11.5 Å². The lowest BCUT2D eigenvalue weighted by Gasteiger charge is -2.52. The lowest BCUT2D eigenvalue weighted by atomic mass is 9.63. The summed E-state index contributed by atoms with van der Waals surface area (Å²) in [5.74, 6) is 0.441. The first-order chi connectivity index (χ1) is 27.3. The molecule has 0 amide bonds. The summed E-state index contributed by atoms with van der Waals surface area (Å²) in [5.41, 5.74) is 3.83. The summed E-state index contributed by atoms with van der Waals surface area (Å²) in [6, 6.07) is 21.3. The highest BCUT2D eigenvalue weighted by Crippen LogP contribution is 2.51. The summed E-state index contributed by atoms with van der Waals surface area (Å²) >= 11 is 0. The maximum atomic E-state index is 13.5. The minimum atomic E-state index is -0.670. The number of nitrogens with one attached hydrogen (secondary N) is 1. The number of methoxy groups -OCH3 is 6. The Morgan fingerprint density at radius 3 is 2.29 bits per heavy atom. The number of esters is 2. The van der Waals surface area contributed by atoms with Gasteiger partial charge >= 0.3 is 11.9 Å². The van der Waals surface area contributed by atoms with Crippen LogP contribution in [-0.2, 0) is 29.9 Å². The summed E-state index contributed by atoms with van der Waals surface area (Å²) < 4.78 is 44.9. The van der Waals surface area contributed by atoms with Crippen LogP contribution in [0.4, 0.5) is 0 Å². The molecule has 8 rings (SSSR count). The van der Waals surface area contributed by atoms with Crippen LogP contribution in [0.5, 0.6) is 23.0 Å².